The molecule has 0 aromatic carbocycles. The first-order chi connectivity index (χ1) is 8.93. The van der Waals surface area contributed by atoms with Crippen molar-refractivity contribution in [2.75, 3.05) is 25.0 Å². The number of ether oxygens (including phenoxy) is 1. The van der Waals surface area contributed by atoms with Crippen LogP contribution in [0.25, 0.3) is 0 Å². The molecule has 0 amide bonds. The zero-order valence-electron chi connectivity index (χ0n) is 10.6. The first-order valence-electron chi connectivity index (χ1n) is 5.59. The number of rotatable bonds is 3. The molecule has 0 aliphatic carbocycles. The molecule has 0 spiro atoms. The molecule has 6 nitrogen and oxygen atoms in total. The molecule has 1 aliphatic heterocycles. The predicted octanol–water partition coefficient (Wildman–Crippen LogP) is 1.32. The molecule has 0 N–H and O–H groups in total. The van der Waals surface area contributed by atoms with E-state index >= 15 is 0 Å². The molecule has 1 unspecified atom stereocenters. The molecule has 1 aliphatic rings. The van der Waals surface area contributed by atoms with Gasteiger partial charge in [-0.3, -0.25) is 0 Å². The summed E-state index contributed by atoms with van der Waals surface area (Å²) in [4.78, 5) is 4.15. The summed E-state index contributed by atoms with van der Waals surface area (Å²) in [5.41, 5.74) is 0. The van der Waals surface area contributed by atoms with Gasteiger partial charge >= 0.3 is 0 Å². The van der Waals surface area contributed by atoms with Crippen molar-refractivity contribution in [3.8, 4) is 0 Å². The molecule has 8 heteroatoms. The third kappa shape index (κ3) is 3.05. The van der Waals surface area contributed by atoms with Crippen LogP contribution in [0.1, 0.15) is 6.42 Å². The van der Waals surface area contributed by atoms with E-state index in [1.165, 1.54) is 5.01 Å². The number of hydrogen-bond acceptors (Lipinski definition) is 6. The number of methoxy groups -OCH3 is 1. The quantitative estimate of drug-likeness (QED) is 0.842. The summed E-state index contributed by atoms with van der Waals surface area (Å²) in [6.45, 7) is 0.343. The van der Waals surface area contributed by atoms with Gasteiger partial charge in [-0.25, -0.2) is 18.4 Å². The highest BCUT2D eigenvalue weighted by Crippen LogP contribution is 2.29. The number of hydrogen-bond donors (Lipinski definition) is 0. The first-order valence-corrected chi connectivity index (χ1v) is 7.86. The van der Waals surface area contributed by atoms with Crippen molar-refractivity contribution in [1.82, 2.24) is 4.98 Å². The average molecular weight is 304 g/mol. The molecule has 19 heavy (non-hydrogen) atoms. The smallest absolute Gasteiger partial charge is 0.190 e. The lowest BCUT2D eigenvalue weighted by atomic mass is 10.2. The van der Waals surface area contributed by atoms with Crippen molar-refractivity contribution in [1.29, 1.82) is 0 Å². The second-order valence-electron chi connectivity index (χ2n) is 4.23. The van der Waals surface area contributed by atoms with Crippen molar-refractivity contribution < 1.29 is 13.2 Å². The minimum Gasteiger partial charge on any atom is -0.382 e. The fourth-order valence-corrected chi connectivity index (χ4v) is 2.78. The largest absolute Gasteiger partial charge is 0.382 e. The van der Waals surface area contributed by atoms with Crippen LogP contribution in [0, 0.1) is 0 Å². The molecular formula is C11H14ClN3O3S. The van der Waals surface area contributed by atoms with Crippen molar-refractivity contribution in [2.24, 2.45) is 5.10 Å². The Balaban J connectivity index is 2.40. The van der Waals surface area contributed by atoms with E-state index in [0.717, 1.165) is 6.26 Å². The molecule has 0 bridgehead atoms. The zero-order valence-corrected chi connectivity index (χ0v) is 12.1. The fourth-order valence-electron chi connectivity index (χ4n) is 1.84. The third-order valence-electron chi connectivity index (χ3n) is 2.72. The van der Waals surface area contributed by atoms with Crippen molar-refractivity contribution >= 4 is 32.3 Å². The van der Waals surface area contributed by atoms with Gasteiger partial charge in [0, 0.05) is 26.0 Å². The van der Waals surface area contributed by atoms with Crippen molar-refractivity contribution in [3.05, 3.63) is 23.4 Å². The first kappa shape index (κ1) is 14.2. The molecule has 0 saturated heterocycles. The highest BCUT2D eigenvalue weighted by atomic mass is 35.5. The maximum absolute atomic E-state index is 11.6. The molecule has 104 valence electrons. The number of hydrazone groups is 1. The van der Waals surface area contributed by atoms with Crippen LogP contribution in [0.4, 0.5) is 5.82 Å². The highest BCUT2D eigenvalue weighted by Gasteiger charge is 2.33. The number of pyridine rings is 1. The van der Waals surface area contributed by atoms with Crippen LogP contribution in [0.2, 0.25) is 5.02 Å². The van der Waals surface area contributed by atoms with Gasteiger partial charge in [-0.2, -0.15) is 5.10 Å². The van der Waals surface area contributed by atoms with Gasteiger partial charge in [-0.1, -0.05) is 11.6 Å². The Kier molecular flexibility index (Phi) is 4.07. The zero-order chi connectivity index (χ0) is 14.0. The molecule has 0 saturated carbocycles. The Morgan fingerprint density at radius 1 is 1.58 bits per heavy atom. The fraction of sp³-hybridized carbons (Fsp3) is 0.455. The van der Waals surface area contributed by atoms with Gasteiger partial charge in [0.05, 0.1) is 17.7 Å². The van der Waals surface area contributed by atoms with E-state index < -0.39 is 9.84 Å². The molecule has 1 aromatic rings. The van der Waals surface area contributed by atoms with Crippen LogP contribution >= 0.6 is 11.6 Å². The Bertz CT molecular complexity index is 603. The Hall–Kier alpha value is -1.18. The van der Waals surface area contributed by atoms with Crippen LogP contribution in [0.3, 0.4) is 0 Å². The van der Waals surface area contributed by atoms with Gasteiger partial charge in [-0.05, 0) is 12.1 Å². The minimum absolute atomic E-state index is 0.122. The number of sulfone groups is 1. The molecule has 2 heterocycles. The van der Waals surface area contributed by atoms with Gasteiger partial charge in [0.15, 0.2) is 20.7 Å². The van der Waals surface area contributed by atoms with E-state index in [2.05, 4.69) is 10.1 Å². The van der Waals surface area contributed by atoms with E-state index in [4.69, 9.17) is 16.3 Å². The van der Waals surface area contributed by atoms with Crippen LogP contribution in [-0.4, -0.2) is 44.5 Å². The monoisotopic (exact) mass is 303 g/mol. The van der Waals surface area contributed by atoms with Gasteiger partial charge in [-0.15, -0.1) is 0 Å². The second kappa shape index (κ2) is 5.44. The predicted molar refractivity (Wildman–Crippen MR) is 74.3 cm³/mol. The Morgan fingerprint density at radius 3 is 2.89 bits per heavy atom. The SMILES string of the molecule is COCC1CC(S(C)(=O)=O)=NN1c1ncccc1Cl. The molecular weight excluding hydrogens is 290 g/mol. The van der Waals surface area contributed by atoms with Crippen LogP contribution < -0.4 is 5.01 Å². The summed E-state index contributed by atoms with van der Waals surface area (Å²) in [5.74, 6) is 0.435. The summed E-state index contributed by atoms with van der Waals surface area (Å²) in [6, 6.07) is 3.16. The van der Waals surface area contributed by atoms with E-state index in [-0.39, 0.29) is 11.1 Å². The summed E-state index contributed by atoms with van der Waals surface area (Å²) < 4.78 is 28.3. The second-order valence-corrected chi connectivity index (χ2v) is 6.66. The van der Waals surface area contributed by atoms with Gasteiger partial charge in [0.25, 0.3) is 0 Å². The van der Waals surface area contributed by atoms with Crippen LogP contribution in [-0.2, 0) is 14.6 Å². The number of nitrogens with zero attached hydrogens (tertiary/aromatic N) is 3. The number of halogens is 1. The summed E-state index contributed by atoms with van der Waals surface area (Å²) >= 11 is 6.07. The highest BCUT2D eigenvalue weighted by molar-refractivity contribution is 8.05. The van der Waals surface area contributed by atoms with E-state index in [0.29, 0.717) is 23.9 Å². The summed E-state index contributed by atoms with van der Waals surface area (Å²) in [7, 11) is -1.77. The van der Waals surface area contributed by atoms with Gasteiger partial charge in [0.2, 0.25) is 0 Å². The Labute approximate surface area is 117 Å². The lowest BCUT2D eigenvalue weighted by molar-refractivity contribution is 0.181. The molecule has 0 radical (unpaired) electrons. The van der Waals surface area contributed by atoms with Crippen molar-refractivity contribution in [2.45, 2.75) is 12.5 Å². The molecule has 2 rings (SSSR count). The maximum atomic E-state index is 11.6. The minimum atomic E-state index is -3.33. The average Bonchev–Trinajstić information content (AvgIpc) is 2.74. The van der Waals surface area contributed by atoms with E-state index in [9.17, 15) is 8.42 Å². The Morgan fingerprint density at radius 2 is 2.32 bits per heavy atom. The normalized spacial score (nSPS) is 19.6. The summed E-state index contributed by atoms with van der Waals surface area (Å²) in [6.07, 6.45) is 3.01. The molecule has 0 fully saturated rings. The third-order valence-corrected chi connectivity index (χ3v) is 4.12. The number of anilines is 1. The van der Waals surface area contributed by atoms with E-state index in [1.807, 2.05) is 0 Å². The van der Waals surface area contributed by atoms with Gasteiger partial charge < -0.3 is 4.74 Å². The summed E-state index contributed by atoms with van der Waals surface area (Å²) in [5, 5.41) is 6.18. The topological polar surface area (TPSA) is 71.9 Å². The standard InChI is InChI=1S/C11H14ClN3O3S/c1-18-7-8-6-10(19(2,16)17)14-15(8)11-9(12)4-3-5-13-11/h3-5,8H,6-7H2,1-2H3. The van der Waals surface area contributed by atoms with Crippen LogP contribution in [0.5, 0.6) is 0 Å². The van der Waals surface area contributed by atoms with Crippen LogP contribution in [0.15, 0.2) is 23.4 Å². The van der Waals surface area contributed by atoms with Crippen molar-refractivity contribution in [3.63, 3.8) is 0 Å². The van der Waals surface area contributed by atoms with Gasteiger partial charge in [0.1, 0.15) is 0 Å². The number of aromatic nitrogens is 1. The molecule has 1 aromatic heterocycles. The maximum Gasteiger partial charge on any atom is 0.190 e. The van der Waals surface area contributed by atoms with E-state index in [1.54, 1.807) is 25.4 Å². The lowest BCUT2D eigenvalue weighted by Crippen LogP contribution is -2.31. The molecule has 1 atom stereocenters. The lowest BCUT2D eigenvalue weighted by Gasteiger charge is -2.22.